The van der Waals surface area contributed by atoms with Gasteiger partial charge in [0.25, 0.3) is 5.91 Å². The zero-order valence-electron chi connectivity index (χ0n) is 14.8. The summed E-state index contributed by atoms with van der Waals surface area (Å²) in [7, 11) is 0. The van der Waals surface area contributed by atoms with Gasteiger partial charge in [-0.25, -0.2) is 4.79 Å². The molecule has 1 heterocycles. The average Bonchev–Trinajstić information content (AvgIpc) is 3.06. The smallest absolute Gasteiger partial charge is 0.344 e. The van der Waals surface area contributed by atoms with Crippen molar-refractivity contribution in [2.45, 2.75) is 13.8 Å². The van der Waals surface area contributed by atoms with Gasteiger partial charge in [-0.3, -0.25) is 4.79 Å². The van der Waals surface area contributed by atoms with Crippen molar-refractivity contribution in [3.63, 3.8) is 0 Å². The summed E-state index contributed by atoms with van der Waals surface area (Å²) < 4.78 is 20.9. The third-order valence-corrected chi connectivity index (χ3v) is 4.00. The van der Waals surface area contributed by atoms with Crippen molar-refractivity contribution < 1.29 is 28.5 Å². The second-order valence-electron chi connectivity index (χ2n) is 5.93. The zero-order chi connectivity index (χ0) is 19.4. The molecule has 1 aliphatic rings. The van der Waals surface area contributed by atoms with E-state index in [2.05, 4.69) is 5.32 Å². The Balaban J connectivity index is 1.46. The van der Waals surface area contributed by atoms with Gasteiger partial charge in [0.15, 0.2) is 24.7 Å². The number of carbonyl (C=O) groups excluding carboxylic acids is 2. The van der Waals surface area contributed by atoms with Gasteiger partial charge in [-0.1, -0.05) is 11.6 Å². The second kappa shape index (κ2) is 8.18. The molecule has 8 heteroatoms. The fourth-order valence-corrected chi connectivity index (χ4v) is 2.94. The maximum Gasteiger partial charge on any atom is 0.344 e. The molecule has 3 rings (SSSR count). The van der Waals surface area contributed by atoms with Crippen LogP contribution in [0.1, 0.15) is 11.1 Å². The first-order valence-electron chi connectivity index (χ1n) is 8.17. The van der Waals surface area contributed by atoms with Crippen molar-refractivity contribution in [2.75, 3.05) is 25.3 Å². The molecule has 0 spiro atoms. The molecular formula is C19H18ClNO6. The maximum atomic E-state index is 11.9. The van der Waals surface area contributed by atoms with E-state index in [1.54, 1.807) is 30.3 Å². The van der Waals surface area contributed by atoms with Gasteiger partial charge in [0.2, 0.25) is 6.79 Å². The van der Waals surface area contributed by atoms with E-state index in [-0.39, 0.29) is 13.4 Å². The van der Waals surface area contributed by atoms with Crippen LogP contribution in [0.15, 0.2) is 30.3 Å². The Kier molecular flexibility index (Phi) is 5.71. The highest BCUT2D eigenvalue weighted by atomic mass is 35.5. The molecule has 1 aliphatic heterocycles. The molecule has 0 radical (unpaired) electrons. The lowest BCUT2D eigenvalue weighted by Gasteiger charge is -2.12. The topological polar surface area (TPSA) is 83.1 Å². The van der Waals surface area contributed by atoms with E-state index < -0.39 is 18.5 Å². The summed E-state index contributed by atoms with van der Waals surface area (Å²) in [5.74, 6) is 0.614. The van der Waals surface area contributed by atoms with Crippen LogP contribution < -0.4 is 19.5 Å². The van der Waals surface area contributed by atoms with Gasteiger partial charge < -0.3 is 24.3 Å². The van der Waals surface area contributed by atoms with Crippen LogP contribution in [-0.4, -0.2) is 31.9 Å². The van der Waals surface area contributed by atoms with E-state index in [0.717, 1.165) is 11.1 Å². The van der Waals surface area contributed by atoms with Crippen LogP contribution in [0.5, 0.6) is 17.2 Å². The predicted molar refractivity (Wildman–Crippen MR) is 98.6 cm³/mol. The van der Waals surface area contributed by atoms with Crippen LogP contribution in [0.4, 0.5) is 5.69 Å². The number of carbonyl (C=O) groups is 2. The molecule has 0 aliphatic carbocycles. The number of aryl methyl sites for hydroxylation is 2. The van der Waals surface area contributed by atoms with Crippen LogP contribution >= 0.6 is 11.6 Å². The van der Waals surface area contributed by atoms with Gasteiger partial charge in [-0.2, -0.15) is 0 Å². The number of hydrogen-bond donors (Lipinski definition) is 1. The molecule has 1 amide bonds. The largest absolute Gasteiger partial charge is 0.481 e. The van der Waals surface area contributed by atoms with Crippen molar-refractivity contribution in [1.29, 1.82) is 0 Å². The van der Waals surface area contributed by atoms with Crippen LogP contribution in [0, 0.1) is 13.8 Å². The van der Waals surface area contributed by atoms with Crippen molar-refractivity contribution in [1.82, 2.24) is 0 Å². The first-order valence-corrected chi connectivity index (χ1v) is 8.55. The minimum Gasteiger partial charge on any atom is -0.481 e. The van der Waals surface area contributed by atoms with E-state index in [0.29, 0.717) is 28.0 Å². The highest BCUT2D eigenvalue weighted by Crippen LogP contribution is 2.34. The maximum absolute atomic E-state index is 11.9. The molecule has 0 saturated heterocycles. The summed E-state index contributed by atoms with van der Waals surface area (Å²) in [6, 6.07) is 8.48. The average molecular weight is 392 g/mol. The fraction of sp³-hybridized carbons (Fsp3) is 0.263. The number of hydrogen-bond acceptors (Lipinski definition) is 6. The number of halogens is 1. The summed E-state index contributed by atoms with van der Waals surface area (Å²) >= 11 is 5.96. The summed E-state index contributed by atoms with van der Waals surface area (Å²) in [5, 5.41) is 3.22. The zero-order valence-corrected chi connectivity index (χ0v) is 15.6. The molecule has 0 saturated carbocycles. The molecule has 2 aromatic rings. The summed E-state index contributed by atoms with van der Waals surface area (Å²) in [5.41, 5.74) is 2.14. The lowest BCUT2D eigenvalue weighted by molar-refractivity contribution is -0.149. The number of rotatable bonds is 6. The Morgan fingerprint density at radius 2 is 1.78 bits per heavy atom. The molecule has 1 N–H and O–H groups in total. The highest BCUT2D eigenvalue weighted by Gasteiger charge is 2.15. The van der Waals surface area contributed by atoms with Gasteiger partial charge in [-0.15, -0.1) is 0 Å². The molecule has 27 heavy (non-hydrogen) atoms. The number of esters is 1. The van der Waals surface area contributed by atoms with E-state index >= 15 is 0 Å². The minimum atomic E-state index is -0.649. The van der Waals surface area contributed by atoms with Gasteiger partial charge in [0.05, 0.1) is 0 Å². The molecule has 0 bridgehead atoms. The lowest BCUT2D eigenvalue weighted by Crippen LogP contribution is -2.23. The summed E-state index contributed by atoms with van der Waals surface area (Å²) in [6.07, 6.45) is 0. The Hall–Kier alpha value is -2.93. The first-order chi connectivity index (χ1) is 12.9. The van der Waals surface area contributed by atoms with Gasteiger partial charge in [-0.05, 0) is 49.2 Å². The lowest BCUT2D eigenvalue weighted by atomic mass is 10.1. The van der Waals surface area contributed by atoms with Crippen molar-refractivity contribution in [3.05, 3.63) is 46.5 Å². The number of benzene rings is 2. The molecule has 0 atom stereocenters. The Labute approximate surface area is 161 Å². The first kappa shape index (κ1) is 18.8. The summed E-state index contributed by atoms with van der Waals surface area (Å²) in [4.78, 5) is 23.7. The third-order valence-electron chi connectivity index (χ3n) is 3.78. The van der Waals surface area contributed by atoms with E-state index in [4.69, 9.17) is 30.5 Å². The Morgan fingerprint density at radius 3 is 2.52 bits per heavy atom. The Bertz CT molecular complexity index is 859. The van der Waals surface area contributed by atoms with Crippen LogP contribution in [0.2, 0.25) is 5.02 Å². The number of amides is 1. The van der Waals surface area contributed by atoms with Crippen LogP contribution in [0.3, 0.4) is 0 Å². The predicted octanol–water partition coefficient (Wildman–Crippen LogP) is 3.25. The molecule has 2 aromatic carbocycles. The standard InChI is InChI=1S/C19H18ClNO6/c1-11-5-13(20)6-12(2)19(11)25-9-18(23)24-8-17(22)21-14-3-4-15-16(7-14)27-10-26-15/h3-7H,8-10H2,1-2H3,(H,21,22). The van der Waals surface area contributed by atoms with Gasteiger partial charge >= 0.3 is 5.97 Å². The van der Waals surface area contributed by atoms with E-state index in [9.17, 15) is 9.59 Å². The van der Waals surface area contributed by atoms with Crippen LogP contribution in [-0.2, 0) is 14.3 Å². The molecule has 0 unspecified atom stereocenters. The number of ether oxygens (including phenoxy) is 4. The number of fused-ring (bicyclic) bond motifs is 1. The molecule has 142 valence electrons. The minimum absolute atomic E-state index is 0.150. The molecule has 0 fully saturated rings. The Morgan fingerprint density at radius 1 is 1.07 bits per heavy atom. The van der Waals surface area contributed by atoms with Gasteiger partial charge in [0, 0.05) is 16.8 Å². The van der Waals surface area contributed by atoms with E-state index in [1.807, 2.05) is 13.8 Å². The molecule has 7 nitrogen and oxygen atoms in total. The van der Waals surface area contributed by atoms with Crippen molar-refractivity contribution in [3.8, 4) is 17.2 Å². The quantitative estimate of drug-likeness (QED) is 0.761. The van der Waals surface area contributed by atoms with E-state index in [1.165, 1.54) is 0 Å². The van der Waals surface area contributed by atoms with Crippen molar-refractivity contribution >= 4 is 29.2 Å². The molecule has 0 aromatic heterocycles. The normalized spacial score (nSPS) is 11.8. The van der Waals surface area contributed by atoms with Crippen LogP contribution in [0.25, 0.3) is 0 Å². The van der Waals surface area contributed by atoms with Gasteiger partial charge in [0.1, 0.15) is 5.75 Å². The number of anilines is 1. The highest BCUT2D eigenvalue weighted by molar-refractivity contribution is 6.30. The second-order valence-corrected chi connectivity index (χ2v) is 6.37. The molecular weight excluding hydrogens is 374 g/mol. The fourth-order valence-electron chi connectivity index (χ4n) is 2.62. The number of nitrogens with one attached hydrogen (secondary N) is 1. The van der Waals surface area contributed by atoms with Crippen molar-refractivity contribution in [2.24, 2.45) is 0 Å². The monoisotopic (exact) mass is 391 g/mol. The SMILES string of the molecule is Cc1cc(Cl)cc(C)c1OCC(=O)OCC(=O)Nc1ccc2c(c1)OCO2. The third kappa shape index (κ3) is 4.83. The summed E-state index contributed by atoms with van der Waals surface area (Å²) in [6.45, 7) is 3.09.